The number of carbonyl (C=O) groups is 1. The highest BCUT2D eigenvalue weighted by atomic mass is 16.4. The molecule has 0 heterocycles. The Bertz CT molecular complexity index is 426. The molecule has 4 nitrogen and oxygen atoms in total. The van der Waals surface area contributed by atoms with Crippen LogP contribution >= 0.6 is 0 Å². The van der Waals surface area contributed by atoms with Crippen LogP contribution in [0.25, 0.3) is 6.08 Å². The number of carboxylic acid groups (broad SMARTS) is 1. The van der Waals surface area contributed by atoms with Gasteiger partial charge in [-0.25, -0.2) is 0 Å². The minimum Gasteiger partial charge on any atom is -0.481 e. The van der Waals surface area contributed by atoms with Gasteiger partial charge in [0.15, 0.2) is 0 Å². The third kappa shape index (κ3) is 5.66. The molecule has 0 aliphatic carbocycles. The number of aliphatic carboxylic acids is 1. The first-order valence-electron chi connectivity index (χ1n) is 5.86. The summed E-state index contributed by atoms with van der Waals surface area (Å²) >= 11 is 0. The zero-order chi connectivity index (χ0) is 13.5. The first-order chi connectivity index (χ1) is 8.47. The van der Waals surface area contributed by atoms with E-state index in [1.54, 1.807) is 6.82 Å². The van der Waals surface area contributed by atoms with Crippen LogP contribution < -0.4 is 5.23 Å². The summed E-state index contributed by atoms with van der Waals surface area (Å²) in [5.41, 5.74) is 2.85. The van der Waals surface area contributed by atoms with Gasteiger partial charge in [-0.3, -0.25) is 4.79 Å². The van der Waals surface area contributed by atoms with Crippen LogP contribution in [0.4, 0.5) is 0 Å². The van der Waals surface area contributed by atoms with E-state index >= 15 is 0 Å². The van der Waals surface area contributed by atoms with E-state index in [2.05, 4.69) is 5.23 Å². The summed E-state index contributed by atoms with van der Waals surface area (Å²) in [4.78, 5) is 10.8. The summed E-state index contributed by atoms with van der Waals surface area (Å²) in [6.07, 6.45) is 1.80. The number of benzene rings is 1. The van der Waals surface area contributed by atoms with Crippen LogP contribution in [0, 0.1) is 6.92 Å². The van der Waals surface area contributed by atoms with Gasteiger partial charge in [-0.05, 0) is 24.9 Å². The van der Waals surface area contributed by atoms with Gasteiger partial charge in [0, 0.05) is 6.54 Å². The van der Waals surface area contributed by atoms with Gasteiger partial charge < -0.3 is 15.4 Å². The van der Waals surface area contributed by atoms with E-state index in [4.69, 9.17) is 10.1 Å². The predicted octanol–water partition coefficient (Wildman–Crippen LogP) is 1.55. The first-order valence-corrected chi connectivity index (χ1v) is 5.86. The Labute approximate surface area is 107 Å². The molecule has 0 bridgehead atoms. The number of hydrogen-bond acceptors (Lipinski definition) is 3. The number of carboxylic acids is 1. The third-order valence-corrected chi connectivity index (χ3v) is 2.45. The molecule has 0 aliphatic heterocycles. The fourth-order valence-electron chi connectivity index (χ4n) is 1.54. The summed E-state index contributed by atoms with van der Waals surface area (Å²) in [5, 5.41) is 20.8. The molecule has 5 heteroatoms. The van der Waals surface area contributed by atoms with E-state index in [1.807, 2.05) is 37.3 Å². The normalized spacial score (nSPS) is 11.4. The molecule has 1 aromatic rings. The van der Waals surface area contributed by atoms with Crippen molar-refractivity contribution in [1.82, 2.24) is 5.23 Å². The van der Waals surface area contributed by atoms with Gasteiger partial charge in [0.2, 0.25) is 0 Å². The maximum absolute atomic E-state index is 10.8. The monoisotopic (exact) mass is 247 g/mol. The summed E-state index contributed by atoms with van der Waals surface area (Å²) in [5.74, 6) is -0.874. The molecule has 18 heavy (non-hydrogen) atoms. The number of aryl methyl sites for hydroxylation is 1. The second-order valence-electron chi connectivity index (χ2n) is 4.34. The van der Waals surface area contributed by atoms with Gasteiger partial charge in [-0.1, -0.05) is 35.9 Å². The van der Waals surface area contributed by atoms with E-state index in [9.17, 15) is 4.79 Å². The van der Waals surface area contributed by atoms with Crippen LogP contribution in [0.1, 0.15) is 17.5 Å². The van der Waals surface area contributed by atoms with Crippen LogP contribution in [-0.4, -0.2) is 29.7 Å². The summed E-state index contributed by atoms with van der Waals surface area (Å²) < 4.78 is 0. The van der Waals surface area contributed by atoms with Crippen molar-refractivity contribution in [2.75, 3.05) is 6.54 Å². The molecular weight excluding hydrogens is 229 g/mol. The molecule has 0 aliphatic rings. The summed E-state index contributed by atoms with van der Waals surface area (Å²) in [7, 11) is -0.653. The van der Waals surface area contributed by atoms with Gasteiger partial charge in [0.05, 0.1) is 6.42 Å². The van der Waals surface area contributed by atoms with E-state index < -0.39 is 13.0 Å². The highest BCUT2D eigenvalue weighted by Gasteiger charge is 2.07. The number of nitrogens with one attached hydrogen (secondary N) is 1. The molecule has 0 unspecified atom stereocenters. The highest BCUT2D eigenvalue weighted by Crippen LogP contribution is 2.11. The van der Waals surface area contributed by atoms with Crippen molar-refractivity contribution in [3.63, 3.8) is 0 Å². The fraction of sp³-hybridized carbons (Fsp3) is 0.308. The second kappa shape index (κ2) is 6.98. The van der Waals surface area contributed by atoms with Crippen LogP contribution in [0.15, 0.2) is 29.8 Å². The lowest BCUT2D eigenvalue weighted by Gasteiger charge is -2.08. The highest BCUT2D eigenvalue weighted by molar-refractivity contribution is 6.45. The van der Waals surface area contributed by atoms with Gasteiger partial charge >= 0.3 is 13.0 Å². The minimum atomic E-state index is -0.874. The lowest BCUT2D eigenvalue weighted by Crippen LogP contribution is -2.32. The molecule has 0 aromatic heterocycles. The largest absolute Gasteiger partial charge is 0.481 e. The Kier molecular flexibility index (Phi) is 5.62. The molecular formula is C13H18BNO3. The lowest BCUT2D eigenvalue weighted by molar-refractivity contribution is -0.136. The molecule has 96 valence electrons. The maximum Gasteiger partial charge on any atom is 0.373 e. The molecule has 0 spiro atoms. The average Bonchev–Trinajstić information content (AvgIpc) is 2.28. The van der Waals surface area contributed by atoms with Crippen molar-refractivity contribution in [3.05, 3.63) is 41.0 Å². The van der Waals surface area contributed by atoms with E-state index in [0.29, 0.717) is 6.54 Å². The summed E-state index contributed by atoms with van der Waals surface area (Å²) in [6, 6.07) is 7.84. The van der Waals surface area contributed by atoms with E-state index in [0.717, 1.165) is 16.7 Å². The number of hydrogen-bond donors (Lipinski definition) is 3. The van der Waals surface area contributed by atoms with Gasteiger partial charge in [0.1, 0.15) is 0 Å². The number of rotatable bonds is 6. The molecule has 0 amide bonds. The van der Waals surface area contributed by atoms with Crippen LogP contribution in [0.2, 0.25) is 6.82 Å². The Morgan fingerprint density at radius 3 is 2.50 bits per heavy atom. The van der Waals surface area contributed by atoms with Crippen molar-refractivity contribution >= 4 is 19.1 Å². The molecule has 0 saturated carbocycles. The van der Waals surface area contributed by atoms with Crippen LogP contribution in [0.3, 0.4) is 0 Å². The van der Waals surface area contributed by atoms with Crippen LogP contribution in [0.5, 0.6) is 0 Å². The standard InChI is InChI=1S/C13H18BNO3/c1-10-3-5-11(6-4-10)7-12(8-13(16)17)9-15-14(2)18/h3-7,15,18H,8-9H2,1-2H3,(H,16,17)/b12-7-. The first kappa shape index (κ1) is 14.5. The van der Waals surface area contributed by atoms with E-state index in [-0.39, 0.29) is 6.42 Å². The zero-order valence-corrected chi connectivity index (χ0v) is 10.7. The lowest BCUT2D eigenvalue weighted by atomic mass is 9.88. The Balaban J connectivity index is 2.80. The quantitative estimate of drug-likeness (QED) is 0.667. The van der Waals surface area contributed by atoms with E-state index in [1.165, 1.54) is 0 Å². The topological polar surface area (TPSA) is 69.6 Å². The van der Waals surface area contributed by atoms with Gasteiger partial charge in [-0.15, -0.1) is 0 Å². The van der Waals surface area contributed by atoms with Crippen LogP contribution in [-0.2, 0) is 4.79 Å². The van der Waals surface area contributed by atoms with Crippen molar-refractivity contribution in [1.29, 1.82) is 0 Å². The predicted molar refractivity (Wildman–Crippen MR) is 73.2 cm³/mol. The van der Waals surface area contributed by atoms with Crippen molar-refractivity contribution in [2.45, 2.75) is 20.2 Å². The molecule has 1 rings (SSSR count). The van der Waals surface area contributed by atoms with Crippen molar-refractivity contribution in [2.24, 2.45) is 0 Å². The second-order valence-corrected chi connectivity index (χ2v) is 4.34. The molecule has 1 aromatic carbocycles. The zero-order valence-electron chi connectivity index (χ0n) is 10.7. The Morgan fingerprint density at radius 2 is 2.00 bits per heavy atom. The molecule has 0 fully saturated rings. The molecule has 0 saturated heterocycles. The SMILES string of the molecule is CB(O)NC/C(=C\c1ccc(C)cc1)CC(=O)O. The summed E-state index contributed by atoms with van der Waals surface area (Å²) in [6.45, 7) is 3.96. The van der Waals surface area contributed by atoms with Crippen molar-refractivity contribution < 1.29 is 14.9 Å². The van der Waals surface area contributed by atoms with Gasteiger partial charge in [0.25, 0.3) is 0 Å². The fourth-order valence-corrected chi connectivity index (χ4v) is 1.54. The Hall–Kier alpha value is -1.59. The molecule has 0 radical (unpaired) electrons. The third-order valence-electron chi connectivity index (χ3n) is 2.45. The molecule has 0 atom stereocenters. The molecule has 3 N–H and O–H groups in total. The average molecular weight is 247 g/mol. The minimum absolute atomic E-state index is 0.0341. The smallest absolute Gasteiger partial charge is 0.373 e. The van der Waals surface area contributed by atoms with Crippen molar-refractivity contribution in [3.8, 4) is 0 Å². The maximum atomic E-state index is 10.8. The Morgan fingerprint density at radius 1 is 1.39 bits per heavy atom. The van der Waals surface area contributed by atoms with Gasteiger partial charge in [-0.2, -0.15) is 0 Å².